The van der Waals surface area contributed by atoms with Gasteiger partial charge in [-0.15, -0.1) is 0 Å². The molecule has 100 valence electrons. The highest BCUT2D eigenvalue weighted by atomic mass is 16.5. The van der Waals surface area contributed by atoms with Crippen LogP contribution < -0.4 is 10.5 Å². The lowest BCUT2D eigenvalue weighted by molar-refractivity contribution is 0.224. The highest BCUT2D eigenvalue weighted by molar-refractivity contribution is 5.27. The number of rotatable bonds is 4. The van der Waals surface area contributed by atoms with Gasteiger partial charge in [0, 0.05) is 17.8 Å². The highest BCUT2D eigenvalue weighted by Gasteiger charge is 2.14. The minimum atomic E-state index is 0.493. The maximum atomic E-state index is 5.91. The Morgan fingerprint density at radius 2 is 1.94 bits per heavy atom. The van der Waals surface area contributed by atoms with E-state index < -0.39 is 0 Å². The Balaban J connectivity index is 1.94. The van der Waals surface area contributed by atoms with E-state index in [-0.39, 0.29) is 0 Å². The second-order valence-electron chi connectivity index (χ2n) is 5.29. The SMILES string of the molecule is Cc1ccc(CN)c(OCC2CCCCCC2)n1. The predicted molar refractivity (Wildman–Crippen MR) is 73.6 cm³/mol. The van der Waals surface area contributed by atoms with Gasteiger partial charge in [-0.05, 0) is 31.7 Å². The van der Waals surface area contributed by atoms with Crippen molar-refractivity contribution in [2.24, 2.45) is 11.7 Å². The lowest BCUT2D eigenvalue weighted by atomic mass is 10.0. The molecule has 3 heteroatoms. The molecule has 0 unspecified atom stereocenters. The number of hydrogen-bond donors (Lipinski definition) is 1. The van der Waals surface area contributed by atoms with Gasteiger partial charge in [0.25, 0.3) is 0 Å². The van der Waals surface area contributed by atoms with E-state index in [2.05, 4.69) is 4.98 Å². The fourth-order valence-electron chi connectivity index (χ4n) is 2.57. The summed E-state index contributed by atoms with van der Waals surface area (Å²) in [7, 11) is 0. The van der Waals surface area contributed by atoms with E-state index in [4.69, 9.17) is 10.5 Å². The Kier molecular flexibility index (Phi) is 5.00. The molecule has 1 heterocycles. The normalized spacial score (nSPS) is 17.4. The van der Waals surface area contributed by atoms with Crippen molar-refractivity contribution >= 4 is 0 Å². The van der Waals surface area contributed by atoms with Gasteiger partial charge in [-0.1, -0.05) is 31.7 Å². The zero-order valence-electron chi connectivity index (χ0n) is 11.3. The summed E-state index contributed by atoms with van der Waals surface area (Å²) < 4.78 is 5.91. The van der Waals surface area contributed by atoms with Gasteiger partial charge < -0.3 is 10.5 Å². The maximum Gasteiger partial charge on any atom is 0.218 e. The largest absolute Gasteiger partial charge is 0.477 e. The second-order valence-corrected chi connectivity index (χ2v) is 5.29. The fraction of sp³-hybridized carbons (Fsp3) is 0.667. The summed E-state index contributed by atoms with van der Waals surface area (Å²) in [5, 5.41) is 0. The molecule has 1 fully saturated rings. The van der Waals surface area contributed by atoms with Gasteiger partial charge in [0.15, 0.2) is 0 Å². The van der Waals surface area contributed by atoms with Crippen molar-refractivity contribution in [2.45, 2.75) is 52.0 Å². The summed E-state index contributed by atoms with van der Waals surface area (Å²) in [6.45, 7) is 3.27. The first-order chi connectivity index (χ1) is 8.79. The third-order valence-corrected chi connectivity index (χ3v) is 3.73. The molecule has 0 saturated heterocycles. The van der Waals surface area contributed by atoms with Crippen LogP contribution in [0.4, 0.5) is 0 Å². The van der Waals surface area contributed by atoms with Gasteiger partial charge in [-0.2, -0.15) is 0 Å². The maximum absolute atomic E-state index is 5.91. The Morgan fingerprint density at radius 3 is 2.61 bits per heavy atom. The number of aryl methyl sites for hydroxylation is 1. The minimum Gasteiger partial charge on any atom is -0.477 e. The van der Waals surface area contributed by atoms with Crippen LogP contribution in [-0.2, 0) is 6.54 Å². The van der Waals surface area contributed by atoms with Crippen molar-refractivity contribution in [1.29, 1.82) is 0 Å². The van der Waals surface area contributed by atoms with Crippen LogP contribution >= 0.6 is 0 Å². The average molecular weight is 248 g/mol. The van der Waals surface area contributed by atoms with Crippen LogP contribution in [0.25, 0.3) is 0 Å². The molecule has 0 aromatic carbocycles. The van der Waals surface area contributed by atoms with Crippen LogP contribution in [0.15, 0.2) is 12.1 Å². The molecule has 0 amide bonds. The van der Waals surface area contributed by atoms with E-state index >= 15 is 0 Å². The van der Waals surface area contributed by atoms with E-state index in [1.807, 2.05) is 19.1 Å². The predicted octanol–water partition coefficient (Wildman–Crippen LogP) is 3.20. The first kappa shape index (κ1) is 13.3. The van der Waals surface area contributed by atoms with Gasteiger partial charge in [0.1, 0.15) is 0 Å². The molecule has 0 bridgehead atoms. The number of aromatic nitrogens is 1. The summed E-state index contributed by atoms with van der Waals surface area (Å²) in [4.78, 5) is 4.45. The molecule has 1 aliphatic carbocycles. The molecule has 2 N–H and O–H groups in total. The van der Waals surface area contributed by atoms with Crippen molar-refractivity contribution in [1.82, 2.24) is 4.98 Å². The third kappa shape index (κ3) is 3.70. The molecule has 1 aromatic rings. The van der Waals surface area contributed by atoms with Crippen LogP contribution in [0.3, 0.4) is 0 Å². The van der Waals surface area contributed by atoms with Crippen LogP contribution in [-0.4, -0.2) is 11.6 Å². The lowest BCUT2D eigenvalue weighted by Crippen LogP contribution is -2.14. The average Bonchev–Trinajstić information content (AvgIpc) is 2.65. The first-order valence-electron chi connectivity index (χ1n) is 7.09. The van der Waals surface area contributed by atoms with Crippen LogP contribution in [0.5, 0.6) is 5.88 Å². The van der Waals surface area contributed by atoms with Gasteiger partial charge >= 0.3 is 0 Å². The molecule has 1 saturated carbocycles. The van der Waals surface area contributed by atoms with Crippen molar-refractivity contribution in [3.8, 4) is 5.88 Å². The number of pyridine rings is 1. The van der Waals surface area contributed by atoms with Gasteiger partial charge in [0.05, 0.1) is 6.61 Å². The van der Waals surface area contributed by atoms with E-state index in [1.165, 1.54) is 38.5 Å². The Hall–Kier alpha value is -1.09. The minimum absolute atomic E-state index is 0.493. The quantitative estimate of drug-likeness (QED) is 0.832. The first-order valence-corrected chi connectivity index (χ1v) is 7.09. The van der Waals surface area contributed by atoms with Crippen LogP contribution in [0.2, 0.25) is 0 Å². The second kappa shape index (κ2) is 6.74. The highest BCUT2D eigenvalue weighted by Crippen LogP contribution is 2.24. The molecule has 0 aliphatic heterocycles. The number of ether oxygens (including phenoxy) is 1. The molecule has 18 heavy (non-hydrogen) atoms. The zero-order chi connectivity index (χ0) is 12.8. The topological polar surface area (TPSA) is 48.1 Å². The summed E-state index contributed by atoms with van der Waals surface area (Å²) in [5.74, 6) is 1.43. The molecular weight excluding hydrogens is 224 g/mol. The Bertz CT molecular complexity index is 371. The van der Waals surface area contributed by atoms with Crippen LogP contribution in [0, 0.1) is 12.8 Å². The summed E-state index contributed by atoms with van der Waals surface area (Å²) in [6.07, 6.45) is 8.05. The van der Waals surface area contributed by atoms with E-state index in [0.29, 0.717) is 12.5 Å². The fourth-order valence-corrected chi connectivity index (χ4v) is 2.57. The molecule has 1 aliphatic rings. The summed E-state index contributed by atoms with van der Waals surface area (Å²) in [5.41, 5.74) is 7.71. The monoisotopic (exact) mass is 248 g/mol. The summed E-state index contributed by atoms with van der Waals surface area (Å²) in [6, 6.07) is 4.01. The molecule has 1 aromatic heterocycles. The number of nitrogens with two attached hydrogens (primary N) is 1. The molecule has 2 rings (SSSR count). The van der Waals surface area contributed by atoms with Crippen molar-refractivity contribution in [2.75, 3.05) is 6.61 Å². The molecular formula is C15H24N2O. The number of hydrogen-bond acceptors (Lipinski definition) is 3. The lowest BCUT2D eigenvalue weighted by Gasteiger charge is -2.16. The summed E-state index contributed by atoms with van der Waals surface area (Å²) >= 11 is 0. The Morgan fingerprint density at radius 1 is 1.22 bits per heavy atom. The van der Waals surface area contributed by atoms with E-state index in [9.17, 15) is 0 Å². The molecule has 0 radical (unpaired) electrons. The van der Waals surface area contributed by atoms with Crippen LogP contribution in [0.1, 0.15) is 49.8 Å². The molecule has 0 atom stereocenters. The zero-order valence-corrected chi connectivity index (χ0v) is 11.3. The van der Waals surface area contributed by atoms with Gasteiger partial charge in [0.2, 0.25) is 5.88 Å². The van der Waals surface area contributed by atoms with Gasteiger partial charge in [-0.25, -0.2) is 4.98 Å². The van der Waals surface area contributed by atoms with Crippen molar-refractivity contribution in [3.63, 3.8) is 0 Å². The smallest absolute Gasteiger partial charge is 0.218 e. The molecule has 0 spiro atoms. The van der Waals surface area contributed by atoms with E-state index in [1.54, 1.807) is 0 Å². The third-order valence-electron chi connectivity index (χ3n) is 3.73. The molecule has 3 nitrogen and oxygen atoms in total. The van der Waals surface area contributed by atoms with E-state index in [0.717, 1.165) is 23.7 Å². The number of nitrogens with zero attached hydrogens (tertiary/aromatic N) is 1. The standard InChI is InChI=1S/C15H24N2O/c1-12-8-9-14(10-16)15(17-12)18-11-13-6-4-2-3-5-7-13/h8-9,13H,2-7,10-11,16H2,1H3. The van der Waals surface area contributed by atoms with Crippen molar-refractivity contribution < 1.29 is 4.74 Å². The Labute approximate surface area is 110 Å². The van der Waals surface area contributed by atoms with Gasteiger partial charge in [-0.3, -0.25) is 0 Å². The van der Waals surface area contributed by atoms with Crippen molar-refractivity contribution in [3.05, 3.63) is 23.4 Å².